The van der Waals surface area contributed by atoms with E-state index >= 15 is 0 Å². The molecule has 0 aromatic heterocycles. The number of aliphatic hydroxyl groups excluding tert-OH is 1. The standard InChI is InChI=1S/C10H17NO2/c1-13-10(9(12)5-8-11)6-3-2-4-7-10/h9,12H,2-7H2,1H3. The lowest BCUT2D eigenvalue weighted by atomic mass is 9.79. The second kappa shape index (κ2) is 4.59. The van der Waals surface area contributed by atoms with Gasteiger partial charge in [-0.3, -0.25) is 0 Å². The Hall–Kier alpha value is -0.590. The Morgan fingerprint density at radius 1 is 1.46 bits per heavy atom. The van der Waals surface area contributed by atoms with E-state index in [0.29, 0.717) is 0 Å². The molecule has 0 aliphatic heterocycles. The molecule has 0 radical (unpaired) electrons. The third-order valence-corrected chi connectivity index (χ3v) is 3.00. The predicted molar refractivity (Wildman–Crippen MR) is 49.1 cm³/mol. The lowest BCUT2D eigenvalue weighted by Crippen LogP contribution is -2.45. The fraction of sp³-hybridized carbons (Fsp3) is 0.900. The minimum atomic E-state index is -0.622. The molecule has 1 saturated carbocycles. The Balaban J connectivity index is 2.61. The molecule has 13 heavy (non-hydrogen) atoms. The fourth-order valence-electron chi connectivity index (χ4n) is 2.10. The summed E-state index contributed by atoms with van der Waals surface area (Å²) >= 11 is 0. The number of hydrogen-bond acceptors (Lipinski definition) is 3. The second-order valence-corrected chi connectivity index (χ2v) is 3.71. The first kappa shape index (κ1) is 10.5. The van der Waals surface area contributed by atoms with Crippen LogP contribution in [0.25, 0.3) is 0 Å². The van der Waals surface area contributed by atoms with Crippen LogP contribution < -0.4 is 0 Å². The summed E-state index contributed by atoms with van der Waals surface area (Å²) in [5, 5.41) is 18.3. The number of methoxy groups -OCH3 is 1. The Labute approximate surface area is 79.3 Å². The topological polar surface area (TPSA) is 53.2 Å². The van der Waals surface area contributed by atoms with Crippen molar-refractivity contribution < 1.29 is 9.84 Å². The van der Waals surface area contributed by atoms with Crippen molar-refractivity contribution in [3.05, 3.63) is 0 Å². The van der Waals surface area contributed by atoms with Gasteiger partial charge in [-0.1, -0.05) is 19.3 Å². The van der Waals surface area contributed by atoms with E-state index in [1.165, 1.54) is 6.42 Å². The van der Waals surface area contributed by atoms with Gasteiger partial charge in [-0.15, -0.1) is 0 Å². The van der Waals surface area contributed by atoms with E-state index < -0.39 is 11.7 Å². The molecule has 0 aromatic rings. The lowest BCUT2D eigenvalue weighted by Gasteiger charge is -2.39. The fourth-order valence-corrected chi connectivity index (χ4v) is 2.10. The zero-order valence-corrected chi connectivity index (χ0v) is 8.12. The summed E-state index contributed by atoms with van der Waals surface area (Å²) in [6, 6.07) is 1.99. The van der Waals surface area contributed by atoms with Crippen LogP contribution in [0.5, 0.6) is 0 Å². The van der Waals surface area contributed by atoms with E-state index in [-0.39, 0.29) is 6.42 Å². The van der Waals surface area contributed by atoms with Crippen molar-refractivity contribution in [2.24, 2.45) is 0 Å². The van der Waals surface area contributed by atoms with Crippen molar-refractivity contribution in [3.63, 3.8) is 0 Å². The van der Waals surface area contributed by atoms with Crippen LogP contribution in [0.4, 0.5) is 0 Å². The minimum Gasteiger partial charge on any atom is -0.389 e. The van der Waals surface area contributed by atoms with E-state index in [2.05, 4.69) is 0 Å². The van der Waals surface area contributed by atoms with Crippen LogP contribution in [0, 0.1) is 11.3 Å². The van der Waals surface area contributed by atoms with Crippen LogP contribution in [0.3, 0.4) is 0 Å². The van der Waals surface area contributed by atoms with Crippen LogP contribution in [0.15, 0.2) is 0 Å². The van der Waals surface area contributed by atoms with E-state index in [4.69, 9.17) is 10.00 Å². The highest BCUT2D eigenvalue weighted by atomic mass is 16.5. The minimum absolute atomic E-state index is 0.174. The number of hydrogen-bond donors (Lipinski definition) is 1. The molecule has 0 saturated heterocycles. The summed E-state index contributed by atoms with van der Waals surface area (Å²) in [4.78, 5) is 0. The SMILES string of the molecule is COC1(C(O)CC#N)CCCCC1. The maximum absolute atomic E-state index is 9.78. The Bertz CT molecular complexity index is 192. The van der Waals surface area contributed by atoms with Crippen molar-refractivity contribution >= 4 is 0 Å². The second-order valence-electron chi connectivity index (χ2n) is 3.71. The summed E-state index contributed by atoms with van der Waals surface area (Å²) < 4.78 is 5.39. The highest BCUT2D eigenvalue weighted by Crippen LogP contribution is 2.34. The van der Waals surface area contributed by atoms with Gasteiger partial charge in [0.2, 0.25) is 0 Å². The summed E-state index contributed by atoms with van der Waals surface area (Å²) in [5.74, 6) is 0. The van der Waals surface area contributed by atoms with Crippen molar-refractivity contribution in [3.8, 4) is 6.07 Å². The zero-order chi connectivity index (χ0) is 9.73. The van der Waals surface area contributed by atoms with E-state index in [9.17, 15) is 5.11 Å². The maximum Gasteiger partial charge on any atom is 0.0959 e. The molecule has 1 rings (SSSR count). The summed E-state index contributed by atoms with van der Waals surface area (Å²) in [5.41, 5.74) is -0.437. The van der Waals surface area contributed by atoms with E-state index in [0.717, 1.165) is 25.7 Å². The Morgan fingerprint density at radius 3 is 2.54 bits per heavy atom. The molecular formula is C10H17NO2. The van der Waals surface area contributed by atoms with Crippen LogP contribution in [-0.4, -0.2) is 23.9 Å². The smallest absolute Gasteiger partial charge is 0.0959 e. The first-order valence-electron chi connectivity index (χ1n) is 4.85. The molecule has 0 bridgehead atoms. The number of nitriles is 1. The van der Waals surface area contributed by atoms with Gasteiger partial charge in [-0.25, -0.2) is 0 Å². The van der Waals surface area contributed by atoms with Gasteiger partial charge in [0.15, 0.2) is 0 Å². The molecule has 1 N–H and O–H groups in total. The molecule has 74 valence electrons. The molecular weight excluding hydrogens is 166 g/mol. The number of ether oxygens (including phenoxy) is 1. The molecule has 1 atom stereocenters. The summed E-state index contributed by atoms with van der Waals surface area (Å²) in [6.45, 7) is 0. The first-order valence-corrected chi connectivity index (χ1v) is 4.85. The molecule has 0 amide bonds. The molecule has 1 fully saturated rings. The molecule has 0 spiro atoms. The van der Waals surface area contributed by atoms with Gasteiger partial charge in [0.05, 0.1) is 24.2 Å². The summed E-state index contributed by atoms with van der Waals surface area (Å²) in [6.07, 6.45) is 4.71. The van der Waals surface area contributed by atoms with Gasteiger partial charge in [-0.2, -0.15) is 5.26 Å². The van der Waals surface area contributed by atoms with Crippen molar-refractivity contribution in [2.75, 3.05) is 7.11 Å². The summed E-state index contributed by atoms with van der Waals surface area (Å²) in [7, 11) is 1.63. The highest BCUT2D eigenvalue weighted by molar-refractivity contribution is 4.94. The lowest BCUT2D eigenvalue weighted by molar-refractivity contribution is -0.120. The Kier molecular flexibility index (Phi) is 3.71. The van der Waals surface area contributed by atoms with Gasteiger partial charge < -0.3 is 9.84 Å². The third kappa shape index (κ3) is 2.20. The number of nitrogens with zero attached hydrogens (tertiary/aromatic N) is 1. The van der Waals surface area contributed by atoms with Crippen LogP contribution >= 0.6 is 0 Å². The van der Waals surface area contributed by atoms with Crippen molar-refractivity contribution in [1.29, 1.82) is 5.26 Å². The quantitative estimate of drug-likeness (QED) is 0.723. The number of rotatable bonds is 3. The van der Waals surface area contributed by atoms with Crippen molar-refractivity contribution in [2.45, 2.75) is 50.2 Å². The maximum atomic E-state index is 9.78. The third-order valence-electron chi connectivity index (χ3n) is 3.00. The van der Waals surface area contributed by atoms with Crippen LogP contribution in [0.1, 0.15) is 38.5 Å². The molecule has 1 aliphatic rings. The molecule has 1 aliphatic carbocycles. The van der Waals surface area contributed by atoms with Gasteiger partial charge in [-0.05, 0) is 12.8 Å². The predicted octanol–water partition coefficient (Wildman–Crippen LogP) is 1.61. The van der Waals surface area contributed by atoms with Gasteiger partial charge in [0.1, 0.15) is 0 Å². The molecule has 1 unspecified atom stereocenters. The van der Waals surface area contributed by atoms with Gasteiger partial charge in [0, 0.05) is 7.11 Å². The molecule has 0 heterocycles. The average molecular weight is 183 g/mol. The van der Waals surface area contributed by atoms with Crippen molar-refractivity contribution in [1.82, 2.24) is 0 Å². The Morgan fingerprint density at radius 2 is 2.08 bits per heavy atom. The van der Waals surface area contributed by atoms with E-state index in [1.807, 2.05) is 6.07 Å². The largest absolute Gasteiger partial charge is 0.389 e. The highest BCUT2D eigenvalue weighted by Gasteiger charge is 2.38. The normalized spacial score (nSPS) is 23.5. The molecule has 0 aromatic carbocycles. The van der Waals surface area contributed by atoms with Crippen LogP contribution in [0.2, 0.25) is 0 Å². The van der Waals surface area contributed by atoms with E-state index in [1.54, 1.807) is 7.11 Å². The first-order chi connectivity index (χ1) is 6.25. The van der Waals surface area contributed by atoms with Gasteiger partial charge >= 0.3 is 0 Å². The van der Waals surface area contributed by atoms with Crippen LogP contribution in [-0.2, 0) is 4.74 Å². The average Bonchev–Trinajstić information content (AvgIpc) is 2.19. The monoisotopic (exact) mass is 183 g/mol. The molecule has 3 heteroatoms. The van der Waals surface area contributed by atoms with Gasteiger partial charge in [0.25, 0.3) is 0 Å². The molecule has 3 nitrogen and oxygen atoms in total. The zero-order valence-electron chi connectivity index (χ0n) is 8.12. The number of aliphatic hydroxyl groups is 1.